The highest BCUT2D eigenvalue weighted by atomic mass is 16.6. The van der Waals surface area contributed by atoms with Crippen molar-refractivity contribution in [2.75, 3.05) is 6.61 Å². The van der Waals surface area contributed by atoms with E-state index in [0.717, 1.165) is 0 Å². The van der Waals surface area contributed by atoms with Crippen LogP contribution in [0.4, 0.5) is 0 Å². The summed E-state index contributed by atoms with van der Waals surface area (Å²) in [4.78, 5) is 0. The van der Waals surface area contributed by atoms with E-state index in [4.69, 9.17) is 0 Å². The first kappa shape index (κ1) is 7.40. The molecule has 2 heteroatoms. The largest absolute Gasteiger partial charge is 0.342 e. The van der Waals surface area contributed by atoms with Gasteiger partial charge in [-0.05, 0) is 6.08 Å². The lowest BCUT2D eigenvalue weighted by Crippen LogP contribution is -2.04. The molecule has 45 valence electrons. The molecule has 0 amide bonds. The molecule has 0 fully saturated rings. The van der Waals surface area contributed by atoms with E-state index in [9.17, 15) is 5.11 Å². The van der Waals surface area contributed by atoms with Gasteiger partial charge >= 0.3 is 0 Å². The van der Waals surface area contributed by atoms with Crippen molar-refractivity contribution in [1.29, 1.82) is 0 Å². The Hall–Kier alpha value is -0.600. The fraction of sp³-hybridized carbons (Fsp3) is 0.333. The Morgan fingerprint density at radius 1 is 1.62 bits per heavy atom. The van der Waals surface area contributed by atoms with Gasteiger partial charge in [0, 0.05) is 0 Å². The van der Waals surface area contributed by atoms with Crippen LogP contribution in [-0.4, -0.2) is 12.9 Å². The van der Waals surface area contributed by atoms with Crippen molar-refractivity contribution in [1.82, 2.24) is 0 Å². The molecule has 0 aromatic heterocycles. The average Bonchev–Trinajstić information content (AvgIpc) is 1.83. The number of hydrogen-bond donors (Lipinski definition) is 0. The van der Waals surface area contributed by atoms with E-state index >= 15 is 0 Å². The van der Waals surface area contributed by atoms with E-state index in [1.54, 1.807) is 0 Å². The van der Waals surface area contributed by atoms with Crippen LogP contribution in [0, 0.1) is 0 Å². The lowest BCUT2D eigenvalue weighted by Gasteiger charge is -1.99. The van der Waals surface area contributed by atoms with Crippen LogP contribution in [0.15, 0.2) is 25.3 Å². The molecule has 0 heterocycles. The fourth-order valence-electron chi connectivity index (χ4n) is 0.231. The minimum atomic E-state index is -1.10. The zero-order valence-corrected chi connectivity index (χ0v) is 4.67. The Bertz CT molecular complexity index is 78.6. The van der Waals surface area contributed by atoms with Gasteiger partial charge in [0.25, 0.3) is 0 Å². The maximum Gasteiger partial charge on any atom is 0.210 e. The highest BCUT2D eigenvalue weighted by Gasteiger charge is 1.93. The van der Waals surface area contributed by atoms with Gasteiger partial charge < -0.3 is 4.74 Å². The van der Waals surface area contributed by atoms with E-state index < -0.39 is 6.29 Å². The van der Waals surface area contributed by atoms with Crippen molar-refractivity contribution in [3.63, 3.8) is 0 Å². The Balaban J connectivity index is 3.09. The van der Waals surface area contributed by atoms with Gasteiger partial charge in [-0.15, -0.1) is 6.58 Å². The molecular weight excluding hydrogens is 104 g/mol. The van der Waals surface area contributed by atoms with E-state index in [0.29, 0.717) is 6.61 Å². The van der Waals surface area contributed by atoms with Crippen LogP contribution < -0.4 is 0 Å². The maximum atomic E-state index is 10.3. The van der Waals surface area contributed by atoms with Gasteiger partial charge in [0.05, 0.1) is 6.61 Å². The van der Waals surface area contributed by atoms with Crippen molar-refractivity contribution in [3.8, 4) is 0 Å². The smallest absolute Gasteiger partial charge is 0.210 e. The molecule has 0 saturated heterocycles. The minimum Gasteiger partial charge on any atom is -0.342 e. The SMILES string of the molecule is C=CCOC([O])C=C. The summed E-state index contributed by atoms with van der Waals surface area (Å²) in [5.74, 6) is 0. The van der Waals surface area contributed by atoms with Gasteiger partial charge in [-0.2, -0.15) is 5.11 Å². The molecule has 0 rings (SSSR count). The van der Waals surface area contributed by atoms with Gasteiger partial charge in [-0.25, -0.2) is 0 Å². The van der Waals surface area contributed by atoms with Crippen LogP contribution in [0.3, 0.4) is 0 Å². The molecule has 1 radical (unpaired) electrons. The van der Waals surface area contributed by atoms with Crippen molar-refractivity contribution in [2.45, 2.75) is 6.29 Å². The molecule has 0 aromatic rings. The zero-order chi connectivity index (χ0) is 6.41. The third-order valence-corrected chi connectivity index (χ3v) is 0.571. The summed E-state index contributed by atoms with van der Waals surface area (Å²) in [6, 6.07) is 0. The second-order valence-electron chi connectivity index (χ2n) is 1.23. The summed E-state index contributed by atoms with van der Waals surface area (Å²) in [6.45, 7) is 6.90. The normalized spacial score (nSPS) is 12.6. The Kier molecular flexibility index (Phi) is 4.21. The second-order valence-corrected chi connectivity index (χ2v) is 1.23. The molecule has 0 N–H and O–H groups in total. The summed E-state index contributed by atoms with van der Waals surface area (Å²) in [5, 5.41) is 10.3. The predicted octanol–water partition coefficient (Wildman–Crippen LogP) is 1.13. The fourth-order valence-corrected chi connectivity index (χ4v) is 0.231. The van der Waals surface area contributed by atoms with Crippen LogP contribution >= 0.6 is 0 Å². The van der Waals surface area contributed by atoms with Crippen molar-refractivity contribution < 1.29 is 9.84 Å². The number of ether oxygens (including phenoxy) is 1. The topological polar surface area (TPSA) is 29.1 Å². The number of hydrogen-bond acceptors (Lipinski definition) is 1. The first-order chi connectivity index (χ1) is 3.81. The van der Waals surface area contributed by atoms with E-state index in [1.165, 1.54) is 12.2 Å². The lowest BCUT2D eigenvalue weighted by molar-refractivity contribution is -0.0959. The summed E-state index contributed by atoms with van der Waals surface area (Å²) in [5.41, 5.74) is 0. The first-order valence-electron chi connectivity index (χ1n) is 2.32. The van der Waals surface area contributed by atoms with Crippen molar-refractivity contribution in [3.05, 3.63) is 25.3 Å². The summed E-state index contributed by atoms with van der Waals surface area (Å²) in [6.07, 6.45) is 1.62. The molecule has 2 nitrogen and oxygen atoms in total. The summed E-state index contributed by atoms with van der Waals surface area (Å²) in [7, 11) is 0. The monoisotopic (exact) mass is 113 g/mol. The van der Waals surface area contributed by atoms with Crippen molar-refractivity contribution >= 4 is 0 Å². The Morgan fingerprint density at radius 3 is 2.62 bits per heavy atom. The van der Waals surface area contributed by atoms with Gasteiger partial charge in [-0.1, -0.05) is 12.7 Å². The predicted molar refractivity (Wildman–Crippen MR) is 30.8 cm³/mol. The quantitative estimate of drug-likeness (QED) is 0.397. The van der Waals surface area contributed by atoms with Crippen molar-refractivity contribution in [2.24, 2.45) is 0 Å². The first-order valence-corrected chi connectivity index (χ1v) is 2.32. The molecule has 8 heavy (non-hydrogen) atoms. The molecule has 0 saturated carbocycles. The molecule has 0 aliphatic carbocycles. The van der Waals surface area contributed by atoms with Gasteiger partial charge in [0.15, 0.2) is 0 Å². The van der Waals surface area contributed by atoms with Crippen LogP contribution in [0.5, 0.6) is 0 Å². The maximum absolute atomic E-state index is 10.3. The zero-order valence-electron chi connectivity index (χ0n) is 4.67. The molecule has 1 unspecified atom stereocenters. The molecule has 0 spiro atoms. The molecule has 0 aliphatic rings. The average molecular weight is 113 g/mol. The van der Waals surface area contributed by atoms with E-state index in [2.05, 4.69) is 17.9 Å². The highest BCUT2D eigenvalue weighted by molar-refractivity contribution is 4.72. The Morgan fingerprint density at radius 2 is 2.25 bits per heavy atom. The van der Waals surface area contributed by atoms with Gasteiger partial charge in [0.1, 0.15) is 0 Å². The third-order valence-electron chi connectivity index (χ3n) is 0.571. The molecule has 0 aromatic carbocycles. The molecule has 0 aliphatic heterocycles. The number of rotatable bonds is 4. The standard InChI is InChI=1S/C6H9O2/c1-3-5-8-6(7)4-2/h3-4,6H,1-2,5H2. The Labute approximate surface area is 49.1 Å². The minimum absolute atomic E-state index is 0.292. The van der Waals surface area contributed by atoms with Gasteiger partial charge in [-0.3, -0.25) is 0 Å². The van der Waals surface area contributed by atoms with E-state index in [-0.39, 0.29) is 0 Å². The van der Waals surface area contributed by atoms with Crippen LogP contribution in [0.1, 0.15) is 0 Å². The molecule has 1 atom stereocenters. The molecular formula is C6H9O2. The third kappa shape index (κ3) is 3.59. The second kappa shape index (κ2) is 4.56. The van der Waals surface area contributed by atoms with E-state index in [1.807, 2.05) is 0 Å². The summed E-state index contributed by atoms with van der Waals surface area (Å²) < 4.78 is 4.55. The highest BCUT2D eigenvalue weighted by Crippen LogP contribution is 1.86. The van der Waals surface area contributed by atoms with Gasteiger partial charge in [0.2, 0.25) is 6.29 Å². The molecule has 0 bridgehead atoms. The van der Waals surface area contributed by atoms with Crippen LogP contribution in [0.25, 0.3) is 0 Å². The van der Waals surface area contributed by atoms with Crippen LogP contribution in [0.2, 0.25) is 0 Å². The summed E-state index contributed by atoms with van der Waals surface area (Å²) >= 11 is 0. The van der Waals surface area contributed by atoms with Crippen LogP contribution in [-0.2, 0) is 9.84 Å². The lowest BCUT2D eigenvalue weighted by atomic mass is 10.6.